The van der Waals surface area contributed by atoms with Crippen LogP contribution < -0.4 is 14.8 Å². The number of carbonyl (C=O) groups excluding carboxylic acids is 1. The molecule has 1 heterocycles. The van der Waals surface area contributed by atoms with Crippen LogP contribution in [0.2, 0.25) is 0 Å². The van der Waals surface area contributed by atoms with Gasteiger partial charge >= 0.3 is 6.09 Å². The van der Waals surface area contributed by atoms with Gasteiger partial charge in [-0.15, -0.1) is 0 Å². The Balaban J connectivity index is 1.37. The van der Waals surface area contributed by atoms with Gasteiger partial charge in [-0.25, -0.2) is 4.79 Å². The zero-order chi connectivity index (χ0) is 23.0. The number of nitrogens with zero attached hydrogens (tertiary/aromatic N) is 1. The average molecular weight is 445 g/mol. The molecule has 0 bridgehead atoms. The lowest BCUT2D eigenvalue weighted by Crippen LogP contribution is -2.24. The average Bonchev–Trinajstić information content (AvgIpc) is 3.18. The number of methoxy groups -OCH3 is 1. The van der Waals surface area contributed by atoms with E-state index in [1.165, 1.54) is 0 Å². The Kier molecular flexibility index (Phi) is 7.15. The second kappa shape index (κ2) is 10.6. The van der Waals surface area contributed by atoms with Crippen LogP contribution in [-0.2, 0) is 31.4 Å². The molecule has 0 aliphatic carbocycles. The van der Waals surface area contributed by atoms with Gasteiger partial charge in [0.1, 0.15) is 18.1 Å². The summed E-state index contributed by atoms with van der Waals surface area (Å²) in [6, 6.07) is 23.7. The highest BCUT2D eigenvalue weighted by Crippen LogP contribution is 2.31. The van der Waals surface area contributed by atoms with Crippen LogP contribution in [0.15, 0.2) is 79.0 Å². The molecular weight excluding hydrogens is 416 g/mol. The Bertz CT molecular complexity index is 1220. The summed E-state index contributed by atoms with van der Waals surface area (Å²) in [6.45, 7) is 1.11. The maximum atomic E-state index is 12.2. The molecule has 0 spiro atoms. The van der Waals surface area contributed by atoms with Gasteiger partial charge < -0.3 is 24.1 Å². The minimum atomic E-state index is -0.457. The first-order chi connectivity index (χ1) is 16.2. The fraction of sp³-hybridized carbons (Fsp3) is 0.222. The van der Waals surface area contributed by atoms with Crippen molar-refractivity contribution in [2.45, 2.75) is 19.6 Å². The molecule has 0 fully saturated rings. The zero-order valence-corrected chi connectivity index (χ0v) is 18.9. The summed E-state index contributed by atoms with van der Waals surface area (Å²) in [7, 11) is 3.62. The van der Waals surface area contributed by atoms with E-state index in [4.69, 9.17) is 14.2 Å². The van der Waals surface area contributed by atoms with Gasteiger partial charge in [-0.2, -0.15) is 0 Å². The molecule has 1 aromatic heterocycles. The maximum Gasteiger partial charge on any atom is 0.407 e. The topological polar surface area (TPSA) is 61.7 Å². The minimum absolute atomic E-state index is 0.268. The Morgan fingerprint density at radius 2 is 1.67 bits per heavy atom. The summed E-state index contributed by atoms with van der Waals surface area (Å²) >= 11 is 0. The third kappa shape index (κ3) is 5.47. The largest absolute Gasteiger partial charge is 0.496 e. The van der Waals surface area contributed by atoms with Crippen molar-refractivity contribution >= 4 is 17.0 Å². The highest BCUT2D eigenvalue weighted by molar-refractivity contribution is 5.90. The Hall–Kier alpha value is -3.93. The molecule has 0 aliphatic heterocycles. The Labute approximate surface area is 193 Å². The number of nitrogens with one attached hydrogen (secondary N) is 1. The molecule has 3 aromatic carbocycles. The second-order valence-electron chi connectivity index (χ2n) is 7.74. The van der Waals surface area contributed by atoms with Gasteiger partial charge in [0.05, 0.1) is 19.2 Å². The monoisotopic (exact) mass is 444 g/mol. The van der Waals surface area contributed by atoms with E-state index in [0.29, 0.717) is 19.6 Å². The van der Waals surface area contributed by atoms with Crippen molar-refractivity contribution in [3.05, 3.63) is 95.7 Å². The minimum Gasteiger partial charge on any atom is -0.496 e. The number of benzene rings is 3. The molecule has 170 valence electrons. The molecule has 6 heteroatoms. The van der Waals surface area contributed by atoms with Gasteiger partial charge in [0.15, 0.2) is 0 Å². The molecule has 6 nitrogen and oxygen atoms in total. The molecule has 0 saturated heterocycles. The smallest absolute Gasteiger partial charge is 0.407 e. The van der Waals surface area contributed by atoms with E-state index in [0.717, 1.165) is 39.1 Å². The molecule has 1 N–H and O–H groups in total. The summed E-state index contributed by atoms with van der Waals surface area (Å²) in [5.74, 6) is 1.56. The molecule has 0 unspecified atom stereocenters. The lowest BCUT2D eigenvalue weighted by Gasteiger charge is -2.11. The first-order valence-electron chi connectivity index (χ1n) is 10.9. The Morgan fingerprint density at radius 3 is 2.48 bits per heavy atom. The fourth-order valence-electron chi connectivity index (χ4n) is 3.87. The summed E-state index contributed by atoms with van der Waals surface area (Å²) in [5.41, 5.74) is 4.16. The first-order valence-corrected chi connectivity index (χ1v) is 10.9. The van der Waals surface area contributed by atoms with Crippen molar-refractivity contribution in [1.82, 2.24) is 9.88 Å². The fourth-order valence-corrected chi connectivity index (χ4v) is 3.87. The summed E-state index contributed by atoms with van der Waals surface area (Å²) < 4.78 is 19.0. The number of hydrogen-bond donors (Lipinski definition) is 1. The van der Waals surface area contributed by atoms with Gasteiger partial charge in [-0.1, -0.05) is 54.6 Å². The highest BCUT2D eigenvalue weighted by Gasteiger charge is 2.13. The third-order valence-electron chi connectivity index (χ3n) is 5.51. The van der Waals surface area contributed by atoms with Gasteiger partial charge in [-0.3, -0.25) is 0 Å². The summed E-state index contributed by atoms with van der Waals surface area (Å²) in [4.78, 5) is 12.2. The van der Waals surface area contributed by atoms with E-state index in [1.54, 1.807) is 7.11 Å². The highest BCUT2D eigenvalue weighted by atomic mass is 16.5. The predicted octanol–water partition coefficient (Wildman–Crippen LogP) is 5.23. The maximum absolute atomic E-state index is 12.2. The Morgan fingerprint density at radius 1 is 0.909 bits per heavy atom. The van der Waals surface area contributed by atoms with E-state index in [1.807, 2.05) is 73.8 Å². The number of hydrogen-bond acceptors (Lipinski definition) is 4. The number of carbonyl (C=O) groups is 1. The number of amides is 1. The summed E-state index contributed by atoms with van der Waals surface area (Å²) in [6.07, 6.45) is 2.20. The molecule has 4 rings (SSSR count). The van der Waals surface area contributed by atoms with Crippen molar-refractivity contribution in [3.63, 3.8) is 0 Å². The van der Waals surface area contributed by atoms with Gasteiger partial charge in [0.2, 0.25) is 0 Å². The molecular formula is C27H28N2O4. The van der Waals surface area contributed by atoms with Gasteiger partial charge in [0.25, 0.3) is 0 Å². The van der Waals surface area contributed by atoms with E-state index in [-0.39, 0.29) is 6.61 Å². The molecule has 1 amide bonds. The van der Waals surface area contributed by atoms with E-state index in [2.05, 4.69) is 22.1 Å². The normalized spacial score (nSPS) is 10.7. The number of aromatic nitrogens is 1. The van der Waals surface area contributed by atoms with Crippen LogP contribution in [0.1, 0.15) is 16.7 Å². The number of fused-ring (bicyclic) bond motifs is 1. The van der Waals surface area contributed by atoms with Crippen LogP contribution in [0.4, 0.5) is 4.79 Å². The number of ether oxygens (including phenoxy) is 3. The molecule has 0 atom stereocenters. The standard InChI is InChI=1S/C27H28N2O4/c1-29-18-22(15-16-32-27(30)28-17-21-11-6-7-13-24(21)31-2)26-23(29)12-8-14-25(26)33-19-20-9-4-3-5-10-20/h3-14,18H,15-17,19H2,1-2H3,(H,28,30). The molecule has 0 aliphatic rings. The SMILES string of the molecule is COc1ccccc1CNC(=O)OCCc1cn(C)c2cccc(OCc3ccccc3)c12. The lowest BCUT2D eigenvalue weighted by molar-refractivity contribution is 0.147. The van der Waals surface area contributed by atoms with Crippen LogP contribution in [0, 0.1) is 0 Å². The zero-order valence-electron chi connectivity index (χ0n) is 18.9. The van der Waals surface area contributed by atoms with Crippen molar-refractivity contribution in [3.8, 4) is 11.5 Å². The molecule has 0 radical (unpaired) electrons. The molecule has 4 aromatic rings. The van der Waals surface area contributed by atoms with Crippen LogP contribution in [0.3, 0.4) is 0 Å². The van der Waals surface area contributed by atoms with Gasteiger partial charge in [-0.05, 0) is 29.3 Å². The van der Waals surface area contributed by atoms with Crippen LogP contribution in [0.5, 0.6) is 11.5 Å². The van der Waals surface area contributed by atoms with Crippen LogP contribution >= 0.6 is 0 Å². The van der Waals surface area contributed by atoms with E-state index >= 15 is 0 Å². The summed E-state index contributed by atoms with van der Waals surface area (Å²) in [5, 5.41) is 3.83. The van der Waals surface area contributed by atoms with Crippen LogP contribution in [-0.4, -0.2) is 24.4 Å². The predicted molar refractivity (Wildman–Crippen MR) is 129 cm³/mol. The quantitative estimate of drug-likeness (QED) is 0.384. The van der Waals surface area contributed by atoms with Crippen molar-refractivity contribution in [1.29, 1.82) is 0 Å². The third-order valence-corrected chi connectivity index (χ3v) is 5.51. The molecule has 33 heavy (non-hydrogen) atoms. The first kappa shape index (κ1) is 22.3. The van der Waals surface area contributed by atoms with E-state index in [9.17, 15) is 4.79 Å². The number of para-hydroxylation sites is 1. The van der Waals surface area contributed by atoms with E-state index < -0.39 is 6.09 Å². The van der Waals surface area contributed by atoms with Crippen molar-refractivity contribution < 1.29 is 19.0 Å². The van der Waals surface area contributed by atoms with Gasteiger partial charge in [0, 0.05) is 37.2 Å². The van der Waals surface area contributed by atoms with Crippen molar-refractivity contribution in [2.24, 2.45) is 7.05 Å². The second-order valence-corrected chi connectivity index (χ2v) is 7.74. The number of alkyl carbamates (subject to hydrolysis) is 1. The van der Waals surface area contributed by atoms with Crippen molar-refractivity contribution in [2.75, 3.05) is 13.7 Å². The number of aryl methyl sites for hydroxylation is 1. The number of rotatable bonds is 9. The molecule has 0 saturated carbocycles. The van der Waals surface area contributed by atoms with Crippen LogP contribution in [0.25, 0.3) is 10.9 Å². The lowest BCUT2D eigenvalue weighted by atomic mass is 10.1.